The first-order valence-corrected chi connectivity index (χ1v) is 10.8. The van der Waals surface area contributed by atoms with Crippen LogP contribution in [0.3, 0.4) is 0 Å². The van der Waals surface area contributed by atoms with Crippen molar-refractivity contribution in [2.24, 2.45) is 0 Å². The normalized spacial score (nSPS) is 30.3. The molecule has 3 saturated heterocycles. The molecule has 0 saturated carbocycles. The van der Waals surface area contributed by atoms with Crippen LogP contribution >= 0.6 is 15.9 Å². The zero-order valence-corrected chi connectivity index (χ0v) is 16.0. The molecule has 1 aromatic rings. The summed E-state index contributed by atoms with van der Waals surface area (Å²) in [5.41, 5.74) is 0. The van der Waals surface area contributed by atoms with Gasteiger partial charge in [0.15, 0.2) is 0 Å². The van der Waals surface area contributed by atoms with Gasteiger partial charge < -0.3 is 0 Å². The second-order valence-electron chi connectivity index (χ2n) is 6.96. The van der Waals surface area contributed by atoms with Gasteiger partial charge in [-0.1, -0.05) is 15.9 Å². The molecule has 2 atom stereocenters. The highest BCUT2D eigenvalue weighted by molar-refractivity contribution is 9.10. The third-order valence-corrected chi connectivity index (χ3v) is 8.03. The van der Waals surface area contributed by atoms with Gasteiger partial charge in [0.25, 0.3) is 0 Å². The fourth-order valence-electron chi connectivity index (χ4n) is 4.44. The quantitative estimate of drug-likeness (QED) is 0.694. The van der Waals surface area contributed by atoms with E-state index in [0.717, 1.165) is 17.3 Å². The van der Waals surface area contributed by atoms with Gasteiger partial charge in [-0.3, -0.25) is 14.5 Å². The summed E-state index contributed by atoms with van der Waals surface area (Å²) in [6, 6.07) is 6.23. The van der Waals surface area contributed by atoms with E-state index in [1.54, 1.807) is 28.6 Å². The predicted molar refractivity (Wildman–Crippen MR) is 94.1 cm³/mol. The lowest BCUT2D eigenvalue weighted by atomic mass is 9.98. The Hall–Kier alpha value is -1.25. The van der Waals surface area contributed by atoms with E-state index in [1.165, 1.54) is 4.90 Å². The maximum atomic E-state index is 13.1. The van der Waals surface area contributed by atoms with Gasteiger partial charge in [0.05, 0.1) is 4.90 Å². The average Bonchev–Trinajstić information content (AvgIpc) is 3.05. The summed E-state index contributed by atoms with van der Waals surface area (Å²) in [5, 5.41) is 0. The molecule has 2 bridgehead atoms. The number of nitrogens with zero attached hydrogens (tertiary/aromatic N) is 2. The van der Waals surface area contributed by atoms with Crippen LogP contribution in [0.25, 0.3) is 0 Å². The summed E-state index contributed by atoms with van der Waals surface area (Å²) >= 11 is 3.32. The number of amides is 2. The molecule has 8 heteroatoms. The van der Waals surface area contributed by atoms with Gasteiger partial charge in [-0.05, 0) is 49.9 Å². The summed E-state index contributed by atoms with van der Waals surface area (Å²) in [4.78, 5) is 25.7. The van der Waals surface area contributed by atoms with Gasteiger partial charge in [-0.15, -0.1) is 0 Å². The van der Waals surface area contributed by atoms with Gasteiger partial charge in [0.1, 0.15) is 0 Å². The Morgan fingerprint density at radius 3 is 1.92 bits per heavy atom. The van der Waals surface area contributed by atoms with Gasteiger partial charge >= 0.3 is 0 Å². The molecule has 0 spiro atoms. The Kier molecular flexibility index (Phi) is 4.24. The van der Waals surface area contributed by atoms with Crippen LogP contribution in [0.2, 0.25) is 0 Å². The lowest BCUT2D eigenvalue weighted by molar-refractivity contribution is -0.142. The number of carbonyl (C=O) groups is 2. The number of imide groups is 1. The topological polar surface area (TPSA) is 74.8 Å². The molecule has 134 valence electrons. The highest BCUT2D eigenvalue weighted by Crippen LogP contribution is 2.42. The number of piperidine rings is 1. The standard InChI is InChI=1S/C17H19BrN2O4S/c18-11-1-5-15(6-2-11)25(23,24)20-12-3-4-13(20)10-14(9-12)19-16(21)7-8-17(19)22/h1-2,5-6,12-14H,3-4,7-10H2. The molecule has 0 N–H and O–H groups in total. The largest absolute Gasteiger partial charge is 0.279 e. The number of carbonyl (C=O) groups excluding carboxylic acids is 2. The summed E-state index contributed by atoms with van der Waals surface area (Å²) in [6.07, 6.45) is 3.23. The van der Waals surface area contributed by atoms with E-state index >= 15 is 0 Å². The van der Waals surface area contributed by atoms with Gasteiger partial charge in [-0.2, -0.15) is 4.31 Å². The van der Waals surface area contributed by atoms with E-state index in [9.17, 15) is 18.0 Å². The van der Waals surface area contributed by atoms with E-state index in [2.05, 4.69) is 15.9 Å². The number of rotatable bonds is 3. The number of likely N-dealkylation sites (tertiary alicyclic amines) is 1. The van der Waals surface area contributed by atoms with Crippen LogP contribution < -0.4 is 0 Å². The first-order valence-electron chi connectivity index (χ1n) is 8.52. The molecule has 2 unspecified atom stereocenters. The highest BCUT2D eigenvalue weighted by Gasteiger charge is 2.50. The van der Waals surface area contributed by atoms with E-state index < -0.39 is 10.0 Å². The Bertz CT molecular complexity index is 794. The van der Waals surface area contributed by atoms with Crippen LogP contribution in [-0.2, 0) is 19.6 Å². The Morgan fingerprint density at radius 2 is 1.40 bits per heavy atom. The second kappa shape index (κ2) is 6.17. The minimum Gasteiger partial charge on any atom is -0.279 e. The molecule has 3 aliphatic rings. The number of halogens is 1. The zero-order valence-electron chi connectivity index (χ0n) is 13.6. The van der Waals surface area contributed by atoms with Crippen molar-refractivity contribution in [2.75, 3.05) is 0 Å². The fourth-order valence-corrected chi connectivity index (χ4v) is 6.59. The molecule has 0 radical (unpaired) electrons. The van der Waals surface area contributed by atoms with E-state index in [-0.39, 0.29) is 42.8 Å². The second-order valence-corrected chi connectivity index (χ2v) is 9.72. The van der Waals surface area contributed by atoms with Crippen LogP contribution in [0.5, 0.6) is 0 Å². The number of benzene rings is 1. The highest BCUT2D eigenvalue weighted by atomic mass is 79.9. The monoisotopic (exact) mass is 426 g/mol. The SMILES string of the molecule is O=C1CCC(=O)N1C1CC2CCC(C1)N2S(=O)(=O)c1ccc(Br)cc1. The van der Waals surface area contributed by atoms with Crippen LogP contribution in [0.1, 0.15) is 38.5 Å². The summed E-state index contributed by atoms with van der Waals surface area (Å²) < 4.78 is 28.6. The molecule has 6 nitrogen and oxygen atoms in total. The average molecular weight is 427 g/mol. The van der Waals surface area contributed by atoms with Crippen molar-refractivity contribution in [1.82, 2.24) is 9.21 Å². The van der Waals surface area contributed by atoms with Crippen LogP contribution in [0, 0.1) is 0 Å². The predicted octanol–water partition coefficient (Wildman–Crippen LogP) is 2.28. The molecule has 1 aromatic carbocycles. The maximum absolute atomic E-state index is 13.1. The molecule has 3 heterocycles. The zero-order chi connectivity index (χ0) is 17.8. The van der Waals surface area contributed by atoms with Crippen molar-refractivity contribution in [3.8, 4) is 0 Å². The molecule has 0 aliphatic carbocycles. The van der Waals surface area contributed by atoms with Crippen molar-refractivity contribution in [3.05, 3.63) is 28.7 Å². The number of sulfonamides is 1. The Morgan fingerprint density at radius 1 is 0.880 bits per heavy atom. The molecule has 4 rings (SSSR count). The Balaban J connectivity index is 1.59. The van der Waals surface area contributed by atoms with Crippen molar-refractivity contribution in [1.29, 1.82) is 0 Å². The minimum atomic E-state index is -3.56. The molecule has 0 aromatic heterocycles. The summed E-state index contributed by atoms with van der Waals surface area (Å²) in [5.74, 6) is -0.225. The van der Waals surface area contributed by atoms with Crippen molar-refractivity contribution < 1.29 is 18.0 Å². The third kappa shape index (κ3) is 2.84. The number of hydrogen-bond acceptors (Lipinski definition) is 4. The van der Waals surface area contributed by atoms with Crippen LogP contribution in [0.4, 0.5) is 0 Å². The maximum Gasteiger partial charge on any atom is 0.243 e. The lowest BCUT2D eigenvalue weighted by Crippen LogP contribution is -2.53. The van der Waals surface area contributed by atoms with Crippen molar-refractivity contribution in [3.63, 3.8) is 0 Å². The third-order valence-electron chi connectivity index (χ3n) is 5.49. The van der Waals surface area contributed by atoms with Gasteiger partial charge in [0, 0.05) is 35.4 Å². The van der Waals surface area contributed by atoms with E-state index in [1.807, 2.05) is 0 Å². The van der Waals surface area contributed by atoms with Crippen molar-refractivity contribution in [2.45, 2.75) is 61.5 Å². The first-order chi connectivity index (χ1) is 11.9. The van der Waals surface area contributed by atoms with Crippen molar-refractivity contribution >= 4 is 37.8 Å². The smallest absolute Gasteiger partial charge is 0.243 e. The number of fused-ring (bicyclic) bond motifs is 2. The molecule has 2 amide bonds. The first kappa shape index (κ1) is 17.2. The summed E-state index contributed by atoms with van der Waals surface area (Å²) in [6.45, 7) is 0. The minimum absolute atomic E-state index is 0.112. The fraction of sp³-hybridized carbons (Fsp3) is 0.529. The molecular weight excluding hydrogens is 408 g/mol. The lowest BCUT2D eigenvalue weighted by Gasteiger charge is -2.40. The van der Waals surface area contributed by atoms with Gasteiger partial charge in [-0.25, -0.2) is 8.42 Å². The summed E-state index contributed by atoms with van der Waals surface area (Å²) in [7, 11) is -3.56. The molecule has 3 fully saturated rings. The van der Waals surface area contributed by atoms with Crippen LogP contribution in [-0.4, -0.2) is 47.6 Å². The molecule has 25 heavy (non-hydrogen) atoms. The van der Waals surface area contributed by atoms with E-state index in [4.69, 9.17) is 0 Å². The van der Waals surface area contributed by atoms with Crippen LogP contribution in [0.15, 0.2) is 33.6 Å². The molecule has 3 aliphatic heterocycles. The number of hydrogen-bond donors (Lipinski definition) is 0. The van der Waals surface area contributed by atoms with E-state index in [0.29, 0.717) is 17.7 Å². The Labute approximate surface area is 155 Å². The molecular formula is C17H19BrN2O4S. The van der Waals surface area contributed by atoms with Gasteiger partial charge in [0.2, 0.25) is 21.8 Å².